The van der Waals surface area contributed by atoms with Crippen molar-refractivity contribution in [3.05, 3.63) is 22.3 Å². The summed E-state index contributed by atoms with van der Waals surface area (Å²) in [5, 5.41) is 0. The van der Waals surface area contributed by atoms with Crippen LogP contribution >= 0.6 is 15.9 Å². The van der Waals surface area contributed by atoms with E-state index in [0.29, 0.717) is 5.57 Å². The molecule has 0 aromatic carbocycles. The molecule has 2 rings (SSSR count). The predicted molar refractivity (Wildman–Crippen MR) is 78.2 cm³/mol. The van der Waals surface area contributed by atoms with Crippen LogP contribution < -0.4 is 0 Å². The van der Waals surface area contributed by atoms with Gasteiger partial charge in [-0.05, 0) is 18.9 Å². The van der Waals surface area contributed by atoms with Crippen LogP contribution in [0.1, 0.15) is 19.3 Å². The maximum atomic E-state index is 11.5. The van der Waals surface area contributed by atoms with Crippen LogP contribution in [0.25, 0.3) is 0 Å². The summed E-state index contributed by atoms with van der Waals surface area (Å²) in [6.07, 6.45) is 6.21. The van der Waals surface area contributed by atoms with Gasteiger partial charge in [-0.15, -0.1) is 0 Å². The first-order valence-corrected chi connectivity index (χ1v) is 7.53. The molecule has 0 amide bonds. The minimum absolute atomic E-state index is 0.108. The lowest BCUT2D eigenvalue weighted by molar-refractivity contribution is -0.182. The molecule has 1 atom stereocenters. The number of esters is 1. The van der Waals surface area contributed by atoms with Crippen molar-refractivity contribution in [1.29, 1.82) is 0 Å². The van der Waals surface area contributed by atoms with Crippen LogP contribution in [0.3, 0.4) is 0 Å². The second kappa shape index (κ2) is 7.24. The Kier molecular flexibility index (Phi) is 5.63. The average molecular weight is 346 g/mol. The molecule has 0 radical (unpaired) electrons. The summed E-state index contributed by atoms with van der Waals surface area (Å²) in [5.74, 6) is -0.328. The molecule has 2 aliphatic heterocycles. The van der Waals surface area contributed by atoms with Crippen LogP contribution in [0.4, 0.5) is 0 Å². The first-order valence-electron chi connectivity index (χ1n) is 6.74. The number of hydrogen-bond acceptors (Lipinski definition) is 5. The van der Waals surface area contributed by atoms with Crippen molar-refractivity contribution in [2.24, 2.45) is 0 Å². The molecule has 1 fully saturated rings. The molecule has 20 heavy (non-hydrogen) atoms. The van der Waals surface area contributed by atoms with Gasteiger partial charge in [0.2, 0.25) is 0 Å². The number of likely N-dealkylation sites (N-methyl/N-ethyl adjacent to an activating group) is 1. The molecule has 0 saturated carbocycles. The summed E-state index contributed by atoms with van der Waals surface area (Å²) in [5.41, 5.74) is 0.545. The summed E-state index contributed by atoms with van der Waals surface area (Å²) in [7, 11) is 3.33. The lowest BCUT2D eigenvalue weighted by Gasteiger charge is -2.32. The van der Waals surface area contributed by atoms with Crippen molar-refractivity contribution in [3.8, 4) is 0 Å². The highest BCUT2D eigenvalue weighted by atomic mass is 79.9. The fourth-order valence-electron chi connectivity index (χ4n) is 2.35. The first kappa shape index (κ1) is 15.5. The molecular weight excluding hydrogens is 326 g/mol. The second-order valence-corrected chi connectivity index (χ2v) is 5.80. The molecule has 2 aliphatic rings. The van der Waals surface area contributed by atoms with E-state index in [9.17, 15) is 4.79 Å². The minimum Gasteiger partial charge on any atom is -0.465 e. The molecule has 0 aromatic rings. The summed E-state index contributed by atoms with van der Waals surface area (Å²) in [6.45, 7) is 1.54. The zero-order valence-electron chi connectivity index (χ0n) is 11.8. The third-order valence-corrected chi connectivity index (χ3v) is 4.20. The molecule has 2 heterocycles. The predicted octanol–water partition coefficient (Wildman–Crippen LogP) is 2.18. The number of rotatable bonds is 4. The van der Waals surface area contributed by atoms with Gasteiger partial charge in [0.25, 0.3) is 0 Å². The van der Waals surface area contributed by atoms with Crippen LogP contribution in [0.2, 0.25) is 0 Å². The van der Waals surface area contributed by atoms with Gasteiger partial charge in [0.1, 0.15) is 0 Å². The molecule has 112 valence electrons. The Morgan fingerprint density at radius 3 is 2.75 bits per heavy atom. The van der Waals surface area contributed by atoms with E-state index in [1.165, 1.54) is 7.11 Å². The Balaban J connectivity index is 1.91. The van der Waals surface area contributed by atoms with E-state index < -0.39 is 0 Å². The molecule has 0 bridgehead atoms. The standard InChI is InChI=1S/C14H20BrNO4/c1-16-9-10(14(17)18-2)8-11(15)12(16)4-5-13-19-6-3-7-20-13/h8-9,12-13H,3-7H2,1-2H3/t12-/m1/s1. The number of methoxy groups -OCH3 is 1. The molecule has 0 unspecified atom stereocenters. The van der Waals surface area contributed by atoms with Gasteiger partial charge in [-0.25, -0.2) is 4.79 Å². The Morgan fingerprint density at radius 1 is 1.45 bits per heavy atom. The zero-order valence-corrected chi connectivity index (χ0v) is 13.4. The third-order valence-electron chi connectivity index (χ3n) is 3.44. The Bertz CT molecular complexity index is 415. The highest BCUT2D eigenvalue weighted by molar-refractivity contribution is 9.11. The highest BCUT2D eigenvalue weighted by Crippen LogP contribution is 2.28. The van der Waals surface area contributed by atoms with E-state index >= 15 is 0 Å². The van der Waals surface area contributed by atoms with Crippen molar-refractivity contribution in [2.45, 2.75) is 31.6 Å². The molecule has 6 heteroatoms. The van der Waals surface area contributed by atoms with Crippen molar-refractivity contribution < 1.29 is 19.0 Å². The van der Waals surface area contributed by atoms with Crippen LogP contribution in [-0.2, 0) is 19.0 Å². The molecule has 0 N–H and O–H groups in total. The third kappa shape index (κ3) is 3.84. The summed E-state index contributed by atoms with van der Waals surface area (Å²) in [4.78, 5) is 13.6. The van der Waals surface area contributed by atoms with E-state index in [1.807, 2.05) is 24.2 Å². The number of nitrogens with zero attached hydrogens (tertiary/aromatic N) is 1. The average Bonchev–Trinajstić information content (AvgIpc) is 2.46. The first-order chi connectivity index (χ1) is 9.61. The Hall–Kier alpha value is -0.850. The number of halogens is 1. The number of carbonyl (C=O) groups is 1. The van der Waals surface area contributed by atoms with E-state index in [1.54, 1.807) is 0 Å². The lowest BCUT2D eigenvalue weighted by atomic mass is 10.0. The SMILES string of the molecule is COC(=O)C1=CN(C)[C@H](CCC2OCCCO2)C(Br)=C1. The van der Waals surface area contributed by atoms with Crippen molar-refractivity contribution in [2.75, 3.05) is 27.4 Å². The number of carbonyl (C=O) groups excluding carboxylic acids is 1. The highest BCUT2D eigenvalue weighted by Gasteiger charge is 2.25. The van der Waals surface area contributed by atoms with Gasteiger partial charge >= 0.3 is 5.97 Å². The monoisotopic (exact) mass is 345 g/mol. The minimum atomic E-state index is -0.328. The van der Waals surface area contributed by atoms with E-state index in [4.69, 9.17) is 14.2 Å². The topological polar surface area (TPSA) is 48.0 Å². The van der Waals surface area contributed by atoms with E-state index in [2.05, 4.69) is 15.9 Å². The van der Waals surface area contributed by atoms with Crippen molar-refractivity contribution >= 4 is 21.9 Å². The summed E-state index contributed by atoms with van der Waals surface area (Å²) in [6, 6.07) is 0.192. The van der Waals surface area contributed by atoms with Crippen LogP contribution in [0.15, 0.2) is 22.3 Å². The molecule has 1 saturated heterocycles. The van der Waals surface area contributed by atoms with Crippen molar-refractivity contribution in [1.82, 2.24) is 4.90 Å². The van der Waals surface area contributed by atoms with Gasteiger partial charge in [0.15, 0.2) is 6.29 Å². The summed E-state index contributed by atoms with van der Waals surface area (Å²) < 4.78 is 16.8. The molecule has 0 aliphatic carbocycles. The second-order valence-electron chi connectivity index (χ2n) is 4.89. The van der Waals surface area contributed by atoms with Gasteiger partial charge in [0, 0.05) is 24.2 Å². The van der Waals surface area contributed by atoms with Gasteiger partial charge in [-0.2, -0.15) is 0 Å². The van der Waals surface area contributed by atoms with Gasteiger partial charge in [0.05, 0.1) is 31.9 Å². The molecular formula is C14H20BrNO4. The van der Waals surface area contributed by atoms with Crippen LogP contribution in [0, 0.1) is 0 Å². The largest absolute Gasteiger partial charge is 0.465 e. The normalized spacial score (nSPS) is 24.1. The molecule has 0 aromatic heterocycles. The summed E-state index contributed by atoms with van der Waals surface area (Å²) >= 11 is 3.55. The van der Waals surface area contributed by atoms with Gasteiger partial charge in [-0.3, -0.25) is 0 Å². The van der Waals surface area contributed by atoms with Crippen molar-refractivity contribution in [3.63, 3.8) is 0 Å². The number of hydrogen-bond donors (Lipinski definition) is 0. The quantitative estimate of drug-likeness (QED) is 0.731. The Labute approximate surface area is 127 Å². The fraction of sp³-hybridized carbons (Fsp3) is 0.643. The van der Waals surface area contributed by atoms with Crippen LogP contribution in [0.5, 0.6) is 0 Å². The van der Waals surface area contributed by atoms with E-state index in [0.717, 1.165) is 37.0 Å². The maximum Gasteiger partial charge on any atom is 0.339 e. The van der Waals surface area contributed by atoms with Gasteiger partial charge in [-0.1, -0.05) is 15.9 Å². The van der Waals surface area contributed by atoms with E-state index in [-0.39, 0.29) is 18.3 Å². The zero-order chi connectivity index (χ0) is 14.5. The molecule has 5 nitrogen and oxygen atoms in total. The van der Waals surface area contributed by atoms with Gasteiger partial charge < -0.3 is 19.1 Å². The molecule has 0 spiro atoms. The number of ether oxygens (including phenoxy) is 3. The Morgan fingerprint density at radius 2 is 2.15 bits per heavy atom. The lowest BCUT2D eigenvalue weighted by Crippen LogP contribution is -2.33. The van der Waals surface area contributed by atoms with Crippen LogP contribution in [-0.4, -0.2) is 50.6 Å². The maximum absolute atomic E-state index is 11.5. The fourth-order valence-corrected chi connectivity index (χ4v) is 3.15. The smallest absolute Gasteiger partial charge is 0.339 e.